The van der Waals surface area contributed by atoms with Gasteiger partial charge in [-0.2, -0.15) is 0 Å². The first kappa shape index (κ1) is 20.1. The Morgan fingerprint density at radius 3 is 2.05 bits per heavy atom. The molecule has 0 rings (SSSR count). The van der Waals surface area contributed by atoms with Gasteiger partial charge < -0.3 is 24.2 Å². The van der Waals surface area contributed by atoms with Gasteiger partial charge in [0.25, 0.3) is 0 Å². The molecule has 0 bridgehead atoms. The predicted molar refractivity (Wildman–Crippen MR) is 77.3 cm³/mol. The van der Waals surface area contributed by atoms with Gasteiger partial charge in [-0.25, -0.2) is 9.59 Å². The van der Waals surface area contributed by atoms with Crippen molar-refractivity contribution in [1.29, 1.82) is 0 Å². The SMILES string of the molecule is COCCN(CCOC)C(=O)CCOC(=O)C(C)=CC(=O)O. The third kappa shape index (κ3) is 9.09. The first-order chi connectivity index (χ1) is 10.4. The van der Waals surface area contributed by atoms with E-state index < -0.39 is 11.9 Å². The third-order valence-corrected chi connectivity index (χ3v) is 2.69. The molecule has 0 spiro atoms. The first-order valence-electron chi connectivity index (χ1n) is 6.76. The van der Waals surface area contributed by atoms with E-state index in [1.165, 1.54) is 21.1 Å². The van der Waals surface area contributed by atoms with Gasteiger partial charge in [-0.3, -0.25) is 4.79 Å². The highest BCUT2D eigenvalue weighted by Crippen LogP contribution is 2.00. The normalized spacial score (nSPS) is 11.1. The van der Waals surface area contributed by atoms with E-state index >= 15 is 0 Å². The lowest BCUT2D eigenvalue weighted by Crippen LogP contribution is -2.37. The highest BCUT2D eigenvalue weighted by Gasteiger charge is 2.14. The van der Waals surface area contributed by atoms with Gasteiger partial charge in [0.2, 0.25) is 5.91 Å². The maximum absolute atomic E-state index is 12.0. The van der Waals surface area contributed by atoms with Crippen LogP contribution in [-0.2, 0) is 28.6 Å². The molecule has 0 atom stereocenters. The Labute approximate surface area is 129 Å². The van der Waals surface area contributed by atoms with E-state index in [9.17, 15) is 14.4 Å². The molecule has 126 valence electrons. The summed E-state index contributed by atoms with van der Waals surface area (Å²) in [6.45, 7) is 2.86. The average molecular weight is 317 g/mol. The van der Waals surface area contributed by atoms with Crippen molar-refractivity contribution in [2.45, 2.75) is 13.3 Å². The number of carbonyl (C=O) groups excluding carboxylic acids is 2. The molecule has 0 aliphatic heterocycles. The molecule has 0 heterocycles. The van der Waals surface area contributed by atoms with E-state index in [1.807, 2.05) is 0 Å². The Bertz CT molecular complexity index is 398. The molecule has 0 aliphatic rings. The predicted octanol–water partition coefficient (Wildman–Crippen LogP) is 0.0720. The fourth-order valence-electron chi connectivity index (χ4n) is 1.51. The number of carboxylic acids is 1. The van der Waals surface area contributed by atoms with Crippen LogP contribution in [0.25, 0.3) is 0 Å². The number of esters is 1. The van der Waals surface area contributed by atoms with Crippen LogP contribution in [0.3, 0.4) is 0 Å². The van der Waals surface area contributed by atoms with Gasteiger partial charge >= 0.3 is 11.9 Å². The van der Waals surface area contributed by atoms with E-state index in [0.29, 0.717) is 26.3 Å². The van der Waals surface area contributed by atoms with Crippen LogP contribution in [0.2, 0.25) is 0 Å². The maximum Gasteiger partial charge on any atom is 0.333 e. The summed E-state index contributed by atoms with van der Waals surface area (Å²) in [4.78, 5) is 35.4. The van der Waals surface area contributed by atoms with Crippen molar-refractivity contribution in [2.24, 2.45) is 0 Å². The van der Waals surface area contributed by atoms with Crippen LogP contribution >= 0.6 is 0 Å². The highest BCUT2D eigenvalue weighted by molar-refractivity contribution is 5.95. The molecular formula is C14H23NO7. The quantitative estimate of drug-likeness (QED) is 0.425. The summed E-state index contributed by atoms with van der Waals surface area (Å²) < 4.78 is 14.7. The van der Waals surface area contributed by atoms with Crippen LogP contribution in [-0.4, -0.2) is 75.0 Å². The minimum absolute atomic E-state index is 0.0134. The molecule has 1 N–H and O–H groups in total. The Morgan fingerprint density at radius 1 is 1.05 bits per heavy atom. The summed E-state index contributed by atoms with van der Waals surface area (Å²) >= 11 is 0. The lowest BCUT2D eigenvalue weighted by atomic mass is 10.3. The van der Waals surface area contributed by atoms with Crippen molar-refractivity contribution in [1.82, 2.24) is 4.90 Å². The molecular weight excluding hydrogens is 294 g/mol. The molecule has 8 nitrogen and oxygen atoms in total. The van der Waals surface area contributed by atoms with E-state index in [-0.39, 0.29) is 24.5 Å². The number of hydrogen-bond donors (Lipinski definition) is 1. The molecule has 0 radical (unpaired) electrons. The van der Waals surface area contributed by atoms with Crippen molar-refractivity contribution in [2.75, 3.05) is 47.1 Å². The second-order valence-corrected chi connectivity index (χ2v) is 4.42. The van der Waals surface area contributed by atoms with Crippen molar-refractivity contribution >= 4 is 17.8 Å². The van der Waals surface area contributed by atoms with Crippen LogP contribution in [0.1, 0.15) is 13.3 Å². The molecule has 0 fully saturated rings. The van der Waals surface area contributed by atoms with Crippen molar-refractivity contribution in [3.8, 4) is 0 Å². The molecule has 8 heteroatoms. The molecule has 0 aliphatic carbocycles. The number of hydrogen-bond acceptors (Lipinski definition) is 6. The maximum atomic E-state index is 12.0. The molecule has 0 aromatic carbocycles. The molecule has 0 unspecified atom stereocenters. The van der Waals surface area contributed by atoms with E-state index in [0.717, 1.165) is 6.08 Å². The number of carboxylic acid groups (broad SMARTS) is 1. The van der Waals surface area contributed by atoms with Gasteiger partial charge in [0.05, 0.1) is 19.6 Å². The Morgan fingerprint density at radius 2 is 1.59 bits per heavy atom. The second kappa shape index (κ2) is 11.7. The number of methoxy groups -OCH3 is 2. The summed E-state index contributed by atoms with van der Waals surface area (Å²) in [7, 11) is 3.08. The lowest BCUT2D eigenvalue weighted by Gasteiger charge is -2.22. The first-order valence-corrected chi connectivity index (χ1v) is 6.76. The summed E-state index contributed by atoms with van der Waals surface area (Å²) in [6, 6.07) is 0. The standard InChI is InChI=1S/C14H23NO7/c1-11(10-13(17)18)14(19)22-7-4-12(16)15(5-8-20-2)6-9-21-3/h10H,4-9H2,1-3H3,(H,17,18). The number of nitrogens with zero attached hydrogens (tertiary/aromatic N) is 1. The molecule has 1 amide bonds. The van der Waals surface area contributed by atoms with Crippen LogP contribution in [0.15, 0.2) is 11.6 Å². The van der Waals surface area contributed by atoms with E-state index in [1.54, 1.807) is 4.90 Å². The molecule has 0 aromatic heterocycles. The summed E-state index contributed by atoms with van der Waals surface area (Å²) in [5, 5.41) is 8.52. The van der Waals surface area contributed by atoms with Gasteiger partial charge in [0.15, 0.2) is 0 Å². The number of carbonyl (C=O) groups is 3. The van der Waals surface area contributed by atoms with Gasteiger partial charge in [0.1, 0.15) is 6.61 Å². The Kier molecular flexibility index (Phi) is 10.7. The fraction of sp³-hybridized carbons (Fsp3) is 0.643. The minimum atomic E-state index is -1.23. The van der Waals surface area contributed by atoms with Crippen LogP contribution in [0, 0.1) is 0 Å². The smallest absolute Gasteiger partial charge is 0.333 e. The van der Waals surface area contributed by atoms with E-state index in [2.05, 4.69) is 0 Å². The topological polar surface area (TPSA) is 102 Å². The summed E-state index contributed by atoms with van der Waals surface area (Å²) in [5.41, 5.74) is -0.0319. The number of aliphatic carboxylic acids is 1. The van der Waals surface area contributed by atoms with Crippen molar-refractivity contribution in [3.05, 3.63) is 11.6 Å². The zero-order valence-electron chi connectivity index (χ0n) is 13.2. The third-order valence-electron chi connectivity index (χ3n) is 2.69. The molecule has 0 saturated carbocycles. The van der Waals surface area contributed by atoms with Gasteiger partial charge in [-0.1, -0.05) is 0 Å². The lowest BCUT2D eigenvalue weighted by molar-refractivity contribution is -0.142. The summed E-state index contributed by atoms with van der Waals surface area (Å²) in [5.74, 6) is -2.17. The van der Waals surface area contributed by atoms with Crippen molar-refractivity contribution in [3.63, 3.8) is 0 Å². The van der Waals surface area contributed by atoms with Crippen LogP contribution < -0.4 is 0 Å². The Balaban J connectivity index is 4.26. The van der Waals surface area contributed by atoms with Crippen LogP contribution in [0.5, 0.6) is 0 Å². The number of ether oxygens (including phenoxy) is 3. The average Bonchev–Trinajstić information content (AvgIpc) is 2.46. The van der Waals surface area contributed by atoms with Crippen molar-refractivity contribution < 1.29 is 33.7 Å². The molecule has 0 saturated heterocycles. The minimum Gasteiger partial charge on any atom is -0.478 e. The van der Waals surface area contributed by atoms with Crippen LogP contribution in [0.4, 0.5) is 0 Å². The van der Waals surface area contributed by atoms with E-state index in [4.69, 9.17) is 19.3 Å². The van der Waals surface area contributed by atoms with Gasteiger partial charge in [-0.05, 0) is 6.92 Å². The largest absolute Gasteiger partial charge is 0.478 e. The Hall–Kier alpha value is -1.93. The summed E-state index contributed by atoms with van der Waals surface area (Å²) in [6.07, 6.45) is 0.771. The molecule has 0 aromatic rings. The zero-order valence-corrected chi connectivity index (χ0v) is 13.2. The highest BCUT2D eigenvalue weighted by atomic mass is 16.5. The zero-order chi connectivity index (χ0) is 17.0. The number of rotatable bonds is 11. The molecule has 22 heavy (non-hydrogen) atoms. The second-order valence-electron chi connectivity index (χ2n) is 4.42. The van der Waals surface area contributed by atoms with Gasteiger partial charge in [0, 0.05) is 39.0 Å². The van der Waals surface area contributed by atoms with Gasteiger partial charge in [-0.15, -0.1) is 0 Å². The fourth-order valence-corrected chi connectivity index (χ4v) is 1.51. The monoisotopic (exact) mass is 317 g/mol. The number of amides is 1.